The summed E-state index contributed by atoms with van der Waals surface area (Å²) in [5.74, 6) is 0.188. The molecule has 1 aliphatic carbocycles. The Hall–Kier alpha value is -4.78. The molecule has 0 radical (unpaired) electrons. The van der Waals surface area contributed by atoms with Crippen LogP contribution in [0.1, 0.15) is 94.9 Å². The molecule has 0 unspecified atom stereocenters. The minimum absolute atomic E-state index is 0.0803. The maximum Gasteiger partial charge on any atom is 0.410 e. The van der Waals surface area contributed by atoms with Crippen LogP contribution in [0, 0.1) is 11.3 Å². The van der Waals surface area contributed by atoms with Gasteiger partial charge >= 0.3 is 12.3 Å². The number of aromatic nitrogens is 7. The smallest absolute Gasteiger partial charge is 0.410 e. The number of halogens is 4. The maximum atomic E-state index is 13.3. The number of amides is 2. The van der Waals surface area contributed by atoms with Crippen molar-refractivity contribution in [2.75, 3.05) is 13.2 Å². The van der Waals surface area contributed by atoms with Crippen LogP contribution < -0.4 is 9.46 Å². The molecule has 1 atom stereocenters. The summed E-state index contributed by atoms with van der Waals surface area (Å²) < 4.78 is 82.3. The summed E-state index contributed by atoms with van der Waals surface area (Å²) in [6, 6.07) is 10.3. The first-order valence-electron chi connectivity index (χ1n) is 19.0. The number of benzene rings is 1. The Balaban J connectivity index is 0.993. The van der Waals surface area contributed by atoms with E-state index >= 15 is 0 Å². The molecule has 20 heteroatoms. The highest BCUT2D eigenvalue weighted by atomic mass is 35.5. The van der Waals surface area contributed by atoms with Gasteiger partial charge in [0.15, 0.2) is 11.6 Å². The number of nitrogens with one attached hydrogen (secondary N) is 1. The second-order valence-corrected chi connectivity index (χ2v) is 18.5. The summed E-state index contributed by atoms with van der Waals surface area (Å²) in [7, 11) is -4.33. The van der Waals surface area contributed by atoms with Crippen LogP contribution in [-0.4, -0.2) is 90.8 Å². The van der Waals surface area contributed by atoms with Crippen molar-refractivity contribution in [1.82, 2.24) is 44.6 Å². The second kappa shape index (κ2) is 16.5. The monoisotopic (exact) mass is 849 g/mol. The third-order valence-electron chi connectivity index (χ3n) is 10.4. The predicted molar refractivity (Wildman–Crippen MR) is 205 cm³/mol. The summed E-state index contributed by atoms with van der Waals surface area (Å²) in [6.45, 7) is 10.7. The van der Waals surface area contributed by atoms with Crippen molar-refractivity contribution < 1.29 is 40.7 Å². The lowest BCUT2D eigenvalue weighted by Gasteiger charge is -2.33. The fourth-order valence-electron chi connectivity index (χ4n) is 7.10. The van der Waals surface area contributed by atoms with E-state index in [0.717, 1.165) is 19.3 Å². The molecule has 2 amide bonds. The van der Waals surface area contributed by atoms with Gasteiger partial charge in [0.25, 0.3) is 15.9 Å². The van der Waals surface area contributed by atoms with Crippen LogP contribution in [0.5, 0.6) is 5.88 Å². The number of carbonyl (C=O) groups is 2. The summed E-state index contributed by atoms with van der Waals surface area (Å²) in [4.78, 5) is 31.7. The van der Waals surface area contributed by atoms with Gasteiger partial charge in [-0.15, -0.1) is 10.2 Å². The number of nitrogens with zero attached hydrogens (tertiary/aromatic N) is 8. The highest BCUT2D eigenvalue weighted by Crippen LogP contribution is 2.59. The first-order valence-corrected chi connectivity index (χ1v) is 20.8. The molecule has 0 bridgehead atoms. The zero-order valence-corrected chi connectivity index (χ0v) is 34.5. The molecule has 0 spiro atoms. The largest absolute Gasteiger partial charge is 0.477 e. The van der Waals surface area contributed by atoms with Gasteiger partial charge < -0.3 is 14.4 Å². The molecular formula is C38H47ClF3N9O6S. The molecule has 4 aromatic rings. The van der Waals surface area contributed by atoms with Crippen molar-refractivity contribution >= 4 is 33.6 Å². The first kappa shape index (κ1) is 42.8. The maximum absolute atomic E-state index is 13.3. The van der Waals surface area contributed by atoms with Crippen LogP contribution in [0.3, 0.4) is 0 Å². The Bertz CT molecular complexity index is 2240. The fourth-order valence-corrected chi connectivity index (χ4v) is 8.37. The van der Waals surface area contributed by atoms with Crippen molar-refractivity contribution in [3.05, 3.63) is 70.8 Å². The van der Waals surface area contributed by atoms with Crippen molar-refractivity contribution in [3.8, 4) is 11.7 Å². The molecule has 1 N–H and O–H groups in total. The highest BCUT2D eigenvalue weighted by Gasteiger charge is 2.62. The number of sulfonamides is 1. The van der Waals surface area contributed by atoms with E-state index in [0.29, 0.717) is 43.2 Å². The van der Waals surface area contributed by atoms with Crippen molar-refractivity contribution in [2.45, 2.75) is 115 Å². The number of likely N-dealkylation sites (tertiary alicyclic amines) is 1. The number of hydrogen-bond acceptors (Lipinski definition) is 11. The molecule has 1 saturated carbocycles. The Morgan fingerprint density at radius 1 is 1.07 bits per heavy atom. The molecule has 1 aliphatic heterocycles. The lowest BCUT2D eigenvalue weighted by molar-refractivity contribution is -0.190. The number of alkyl halides is 3. The molecule has 15 nitrogen and oxygen atoms in total. The minimum atomic E-state index is -4.33. The number of ether oxygens (including phenoxy) is 2. The van der Waals surface area contributed by atoms with Gasteiger partial charge in [0.1, 0.15) is 10.8 Å². The third-order valence-corrected chi connectivity index (χ3v) is 12.0. The summed E-state index contributed by atoms with van der Waals surface area (Å²) in [5.41, 5.74) is -2.10. The van der Waals surface area contributed by atoms with Gasteiger partial charge in [-0.05, 0) is 126 Å². The number of rotatable bonds is 15. The molecule has 2 aliphatic rings. The molecule has 6 rings (SSSR count). The second-order valence-electron chi connectivity index (χ2n) is 16.5. The highest BCUT2D eigenvalue weighted by molar-refractivity contribution is 7.90. The number of tetrazole rings is 1. The lowest BCUT2D eigenvalue weighted by Crippen LogP contribution is -2.45. The molecule has 58 heavy (non-hydrogen) atoms. The minimum Gasteiger partial charge on any atom is -0.477 e. The van der Waals surface area contributed by atoms with Crippen LogP contribution >= 0.6 is 11.6 Å². The van der Waals surface area contributed by atoms with Gasteiger partial charge in [0.05, 0.1) is 22.5 Å². The van der Waals surface area contributed by atoms with Gasteiger partial charge in [-0.1, -0.05) is 23.7 Å². The molecule has 3 aromatic heterocycles. The predicted octanol–water partition coefficient (Wildman–Crippen LogP) is 6.74. The zero-order valence-electron chi connectivity index (χ0n) is 32.9. The van der Waals surface area contributed by atoms with Crippen molar-refractivity contribution in [1.29, 1.82) is 0 Å². The lowest BCUT2D eigenvalue weighted by atomic mass is 9.93. The molecule has 1 aromatic carbocycles. The Labute approximate surface area is 339 Å². The van der Waals surface area contributed by atoms with Gasteiger partial charge in [-0.2, -0.15) is 13.2 Å². The van der Waals surface area contributed by atoms with Gasteiger partial charge in [0.2, 0.25) is 5.88 Å². The molecular weight excluding hydrogens is 803 g/mol. The van der Waals surface area contributed by atoms with E-state index in [1.54, 1.807) is 16.8 Å². The normalized spacial score (nSPS) is 17.6. The molecule has 314 valence electrons. The molecule has 1 saturated heterocycles. The van der Waals surface area contributed by atoms with Gasteiger partial charge in [-0.3, -0.25) is 4.79 Å². The van der Waals surface area contributed by atoms with E-state index in [2.05, 4.69) is 39.5 Å². The van der Waals surface area contributed by atoms with Crippen molar-refractivity contribution in [3.63, 3.8) is 0 Å². The number of carbonyl (C=O) groups excluding carboxylic acids is 2. The number of hydrogen-bond donors (Lipinski definition) is 1. The van der Waals surface area contributed by atoms with Crippen LogP contribution in [0.4, 0.5) is 18.0 Å². The summed E-state index contributed by atoms with van der Waals surface area (Å²) in [5, 5.41) is 16.0. The van der Waals surface area contributed by atoms with E-state index in [1.165, 1.54) is 41.2 Å². The standard InChI is InChI=1S/C38H47ClF3N9O6S/c1-35(2,3)57-34(53)49-24-26(23-36(49,4)5)9-7-19-51-30(44-47-48-51)13-11-25-8-6-10-27(22-25)58(54,55)46-33(52)28-12-14-29(43-32(28)39)50-20-15-31(45-50)56-21-18-37(16-17-37)38(40,41)42/h6,8,10,12,14-15,20,22,26H,7,9,11,13,16-19,21,23-24H2,1-5H3,(H,46,52)/t26-/m0/s1. The van der Waals surface area contributed by atoms with E-state index in [1.807, 2.05) is 30.4 Å². The van der Waals surface area contributed by atoms with Gasteiger partial charge in [-0.25, -0.2) is 32.3 Å². The van der Waals surface area contributed by atoms with E-state index in [-0.39, 0.29) is 64.8 Å². The number of aryl methyl sites for hydroxylation is 3. The Morgan fingerprint density at radius 3 is 2.52 bits per heavy atom. The quantitative estimate of drug-likeness (QED) is 0.125. The fraction of sp³-hybridized carbons (Fsp3) is 0.553. The van der Waals surface area contributed by atoms with Crippen LogP contribution in [0.25, 0.3) is 5.82 Å². The topological polar surface area (TPSA) is 176 Å². The van der Waals surface area contributed by atoms with Crippen LogP contribution in [-0.2, 0) is 34.1 Å². The van der Waals surface area contributed by atoms with Crippen LogP contribution in [0.2, 0.25) is 5.15 Å². The average Bonchev–Trinajstić information content (AvgIpc) is 3.41. The molecule has 2 fully saturated rings. The van der Waals surface area contributed by atoms with E-state index in [9.17, 15) is 31.2 Å². The van der Waals surface area contributed by atoms with Crippen LogP contribution in [0.15, 0.2) is 53.6 Å². The van der Waals surface area contributed by atoms with E-state index < -0.39 is 33.1 Å². The summed E-state index contributed by atoms with van der Waals surface area (Å²) in [6.07, 6.45) is 0.257. The molecule has 4 heterocycles. The zero-order chi connectivity index (χ0) is 42.1. The Morgan fingerprint density at radius 2 is 1.83 bits per heavy atom. The SMILES string of the molecule is CC(C)(C)OC(=O)N1C[C@@H](CCCn2nnnc2CCc2cccc(S(=O)(=O)NC(=O)c3ccc(-n4ccc(OCCC5(C(F)(F)F)CC5)n4)nc3Cl)c2)CC1(C)C. The van der Waals surface area contributed by atoms with Crippen molar-refractivity contribution in [2.24, 2.45) is 11.3 Å². The number of pyridine rings is 1. The third kappa shape index (κ3) is 10.3. The Kier molecular flexibility index (Phi) is 12.2. The van der Waals surface area contributed by atoms with E-state index in [4.69, 9.17) is 21.1 Å². The van der Waals surface area contributed by atoms with Gasteiger partial charge in [0, 0.05) is 37.3 Å². The average molecular weight is 850 g/mol. The first-order chi connectivity index (χ1) is 27.1. The summed E-state index contributed by atoms with van der Waals surface area (Å²) >= 11 is 6.30.